The number of esters is 1. The largest absolute Gasteiger partial charge is 0.497 e. The lowest BCUT2D eigenvalue weighted by Crippen LogP contribution is -2.40. The molecule has 0 amide bonds. The van der Waals surface area contributed by atoms with Crippen LogP contribution in [0.25, 0.3) is 6.08 Å². The van der Waals surface area contributed by atoms with E-state index in [4.69, 9.17) is 14.2 Å². The first-order valence-electron chi connectivity index (χ1n) is 11.6. The number of methoxy groups -OCH3 is 2. The summed E-state index contributed by atoms with van der Waals surface area (Å²) < 4.78 is 47.6. The van der Waals surface area contributed by atoms with Crippen molar-refractivity contribution in [3.05, 3.63) is 84.5 Å². The lowest BCUT2D eigenvalue weighted by atomic mass is 9.96. The van der Waals surface area contributed by atoms with Crippen LogP contribution < -0.4 is 29.1 Å². The van der Waals surface area contributed by atoms with Crippen molar-refractivity contribution in [2.24, 2.45) is 4.99 Å². The number of nitrogens with zero attached hydrogens (tertiary/aromatic N) is 2. The molecule has 1 aliphatic rings. The molecule has 38 heavy (non-hydrogen) atoms. The summed E-state index contributed by atoms with van der Waals surface area (Å²) in [6.07, 6.45) is 1.24. The topological polar surface area (TPSA) is 88.4 Å². The lowest BCUT2D eigenvalue weighted by Gasteiger charge is -2.25. The molecule has 1 atom stereocenters. The molecule has 0 aliphatic carbocycles. The number of hydrogen-bond acceptors (Lipinski definition) is 8. The predicted octanol–water partition coefficient (Wildman–Crippen LogP) is 3.81. The van der Waals surface area contributed by atoms with Gasteiger partial charge >= 0.3 is 12.6 Å². The van der Waals surface area contributed by atoms with Gasteiger partial charge in [0.05, 0.1) is 42.2 Å². The zero-order valence-electron chi connectivity index (χ0n) is 21.4. The zero-order chi connectivity index (χ0) is 27.6. The molecule has 0 spiro atoms. The van der Waals surface area contributed by atoms with Crippen LogP contribution >= 0.6 is 11.3 Å². The van der Waals surface area contributed by atoms with Gasteiger partial charge in [-0.1, -0.05) is 29.5 Å². The van der Waals surface area contributed by atoms with Gasteiger partial charge in [-0.15, -0.1) is 0 Å². The third-order valence-corrected chi connectivity index (χ3v) is 6.70. The Balaban J connectivity index is 1.87. The molecule has 0 saturated heterocycles. The third-order valence-electron chi connectivity index (χ3n) is 5.72. The summed E-state index contributed by atoms with van der Waals surface area (Å²) in [6.45, 7) is 2.20. The van der Waals surface area contributed by atoms with Crippen molar-refractivity contribution in [3.63, 3.8) is 0 Å². The van der Waals surface area contributed by atoms with E-state index in [1.54, 1.807) is 58.2 Å². The van der Waals surface area contributed by atoms with Crippen LogP contribution in [-0.2, 0) is 9.53 Å². The number of carbonyl (C=O) groups excluding carboxylic acids is 1. The molecule has 2 aromatic carbocycles. The van der Waals surface area contributed by atoms with Crippen molar-refractivity contribution < 1.29 is 32.5 Å². The highest BCUT2D eigenvalue weighted by Gasteiger charge is 2.33. The Morgan fingerprint density at radius 3 is 2.39 bits per heavy atom. The first-order valence-corrected chi connectivity index (χ1v) is 12.4. The molecule has 0 fully saturated rings. The Kier molecular flexibility index (Phi) is 7.96. The summed E-state index contributed by atoms with van der Waals surface area (Å²) in [7, 11) is 2.88. The van der Waals surface area contributed by atoms with Crippen LogP contribution in [0.3, 0.4) is 0 Å². The molecule has 0 unspecified atom stereocenters. The van der Waals surface area contributed by atoms with E-state index in [1.807, 2.05) is 0 Å². The van der Waals surface area contributed by atoms with Gasteiger partial charge in [0, 0.05) is 0 Å². The van der Waals surface area contributed by atoms with E-state index in [1.165, 1.54) is 29.9 Å². The molecule has 200 valence electrons. The number of hydrogen-bond donors (Lipinski definition) is 0. The maximum atomic E-state index is 13.7. The van der Waals surface area contributed by atoms with Crippen LogP contribution in [0, 0.1) is 0 Å². The van der Waals surface area contributed by atoms with Crippen LogP contribution in [0.15, 0.2) is 63.5 Å². The average molecular weight is 545 g/mol. The summed E-state index contributed by atoms with van der Waals surface area (Å²) in [6, 6.07) is 10.7. The lowest BCUT2D eigenvalue weighted by molar-refractivity contribution is -0.143. The van der Waals surface area contributed by atoms with Crippen LogP contribution in [0.4, 0.5) is 8.78 Å². The number of alkyl halides is 2. The highest BCUT2D eigenvalue weighted by Crippen LogP contribution is 2.32. The highest BCUT2D eigenvalue weighted by atomic mass is 32.1. The fraction of sp³-hybridized carbons (Fsp3) is 0.296. The number of rotatable bonds is 8. The van der Waals surface area contributed by atoms with Gasteiger partial charge in [-0.3, -0.25) is 9.36 Å². The number of ether oxygens (including phenoxy) is 4. The van der Waals surface area contributed by atoms with Gasteiger partial charge in [-0.25, -0.2) is 9.79 Å². The number of allylic oxidation sites excluding steroid dienone is 1. The molecule has 0 saturated carbocycles. The number of aromatic nitrogens is 1. The van der Waals surface area contributed by atoms with Crippen LogP contribution in [0.2, 0.25) is 0 Å². The van der Waals surface area contributed by atoms with Crippen molar-refractivity contribution in [1.82, 2.24) is 4.57 Å². The van der Waals surface area contributed by atoms with Crippen LogP contribution in [-0.4, -0.2) is 37.5 Å². The number of benzene rings is 2. The summed E-state index contributed by atoms with van der Waals surface area (Å²) >= 11 is 1.15. The summed E-state index contributed by atoms with van der Waals surface area (Å²) in [5, 5.41) is 0. The molecule has 0 N–H and O–H groups in total. The fourth-order valence-corrected chi connectivity index (χ4v) is 5.13. The first-order chi connectivity index (χ1) is 18.1. The molecular formula is C27H26F2N2O6S. The van der Waals surface area contributed by atoms with E-state index >= 15 is 0 Å². The Morgan fingerprint density at radius 2 is 1.79 bits per heavy atom. The fourth-order valence-electron chi connectivity index (χ4n) is 4.08. The van der Waals surface area contributed by atoms with E-state index < -0.39 is 18.6 Å². The second-order valence-electron chi connectivity index (χ2n) is 8.60. The van der Waals surface area contributed by atoms with Gasteiger partial charge in [0.2, 0.25) is 0 Å². The minimum Gasteiger partial charge on any atom is -0.497 e. The van der Waals surface area contributed by atoms with Gasteiger partial charge in [0.1, 0.15) is 5.75 Å². The molecule has 1 aliphatic heterocycles. The molecular weight excluding hydrogens is 518 g/mol. The molecule has 0 bridgehead atoms. The minimum atomic E-state index is -3.00. The first kappa shape index (κ1) is 27.1. The monoisotopic (exact) mass is 544 g/mol. The molecule has 11 heteroatoms. The molecule has 4 rings (SSSR count). The SMILES string of the molecule is COc1ccc([C@H]2C(C(=O)OC(C)C)=C(C)N=c3s/c(=C/c4ccc(OC(F)F)c(OC)c4)c(=O)n32)cc1. The number of thiazole rings is 1. The predicted molar refractivity (Wildman–Crippen MR) is 138 cm³/mol. The minimum absolute atomic E-state index is 0.0949. The van der Waals surface area contributed by atoms with Crippen molar-refractivity contribution in [3.8, 4) is 17.2 Å². The van der Waals surface area contributed by atoms with Crippen LogP contribution in [0.1, 0.15) is 37.9 Å². The normalized spacial score (nSPS) is 15.4. The van der Waals surface area contributed by atoms with E-state index in [9.17, 15) is 18.4 Å². The van der Waals surface area contributed by atoms with Gasteiger partial charge < -0.3 is 18.9 Å². The van der Waals surface area contributed by atoms with Crippen molar-refractivity contribution >= 4 is 23.4 Å². The number of fused-ring (bicyclic) bond motifs is 1. The van der Waals surface area contributed by atoms with Gasteiger partial charge in [0.15, 0.2) is 16.3 Å². The van der Waals surface area contributed by atoms with Gasteiger partial charge in [-0.2, -0.15) is 8.78 Å². The summed E-state index contributed by atoms with van der Waals surface area (Å²) in [5.41, 5.74) is 1.55. The van der Waals surface area contributed by atoms with Gasteiger partial charge in [0.25, 0.3) is 5.56 Å². The summed E-state index contributed by atoms with van der Waals surface area (Å²) in [4.78, 5) is 31.8. The highest BCUT2D eigenvalue weighted by molar-refractivity contribution is 7.07. The standard InChI is InChI=1S/C27H26F2N2O6S/c1-14(2)36-25(33)22-15(3)30-27-31(23(22)17-7-9-18(34-4)10-8-17)24(32)21(38-27)13-16-6-11-19(37-26(28)29)20(12-16)35-5/h6-14,23,26H,1-5H3/b21-13+/t23-/m0/s1. The molecule has 2 heterocycles. The van der Waals surface area contributed by atoms with E-state index in [0.29, 0.717) is 31.9 Å². The Hall–Kier alpha value is -3.99. The van der Waals surface area contributed by atoms with Crippen molar-refractivity contribution in [1.29, 1.82) is 0 Å². The maximum Gasteiger partial charge on any atom is 0.387 e. The van der Waals surface area contributed by atoms with E-state index in [2.05, 4.69) is 9.73 Å². The van der Waals surface area contributed by atoms with Crippen molar-refractivity contribution in [2.75, 3.05) is 14.2 Å². The second-order valence-corrected chi connectivity index (χ2v) is 9.61. The molecule has 8 nitrogen and oxygen atoms in total. The Labute approximate surface area is 221 Å². The van der Waals surface area contributed by atoms with Gasteiger partial charge in [-0.05, 0) is 62.2 Å². The zero-order valence-corrected chi connectivity index (χ0v) is 22.2. The van der Waals surface area contributed by atoms with Crippen molar-refractivity contribution in [2.45, 2.75) is 39.5 Å². The second kappa shape index (κ2) is 11.2. The average Bonchev–Trinajstić information content (AvgIpc) is 3.17. The summed E-state index contributed by atoms with van der Waals surface area (Å²) in [5.74, 6) is 0.0409. The quantitative estimate of drug-likeness (QED) is 0.401. The Bertz CT molecular complexity index is 1560. The molecule has 1 aromatic heterocycles. The maximum absolute atomic E-state index is 13.7. The third kappa shape index (κ3) is 5.47. The van der Waals surface area contributed by atoms with Crippen LogP contribution in [0.5, 0.6) is 17.2 Å². The number of halogens is 2. The Morgan fingerprint density at radius 1 is 1.08 bits per heavy atom. The molecule has 0 radical (unpaired) electrons. The molecule has 3 aromatic rings. The van der Waals surface area contributed by atoms with E-state index in [0.717, 1.165) is 11.3 Å². The number of carbonyl (C=O) groups is 1. The smallest absolute Gasteiger partial charge is 0.387 e. The van der Waals surface area contributed by atoms with E-state index in [-0.39, 0.29) is 28.7 Å².